The second-order valence-electron chi connectivity index (χ2n) is 10.4. The number of hydrogen-bond acceptors (Lipinski definition) is 8. The van der Waals surface area contributed by atoms with Crippen molar-refractivity contribution in [3.8, 4) is 11.3 Å². The van der Waals surface area contributed by atoms with Crippen LogP contribution in [0.5, 0.6) is 0 Å². The van der Waals surface area contributed by atoms with Crippen LogP contribution in [0.15, 0.2) is 37.1 Å². The summed E-state index contributed by atoms with van der Waals surface area (Å²) in [7, 11) is 3.45. The number of amides is 1. The second-order valence-corrected chi connectivity index (χ2v) is 10.4. The number of carbonyl (C=O) groups excluding carboxylic acids is 1. The van der Waals surface area contributed by atoms with E-state index in [0.29, 0.717) is 13.1 Å². The summed E-state index contributed by atoms with van der Waals surface area (Å²) in [5.41, 5.74) is 2.46. The van der Waals surface area contributed by atoms with Crippen molar-refractivity contribution in [2.75, 3.05) is 40.3 Å². The minimum absolute atomic E-state index is 0.160. The molecule has 4 aromatic heterocycles. The van der Waals surface area contributed by atoms with Crippen LogP contribution in [0.2, 0.25) is 0 Å². The lowest BCUT2D eigenvalue weighted by Crippen LogP contribution is -2.56. The molecule has 2 saturated heterocycles. The molecule has 2 fully saturated rings. The Labute approximate surface area is 228 Å². The molecule has 1 N–H and O–H groups in total. The van der Waals surface area contributed by atoms with E-state index in [1.54, 1.807) is 30.1 Å². The molecule has 0 atom stereocenters. The quantitative estimate of drug-likeness (QED) is 0.388. The van der Waals surface area contributed by atoms with Gasteiger partial charge in [0.05, 0.1) is 17.6 Å². The third kappa shape index (κ3) is 5.16. The Balaban J connectivity index is 1.06. The molecule has 209 valence electrons. The average Bonchev–Trinajstić information content (AvgIpc) is 3.57. The third-order valence-corrected chi connectivity index (χ3v) is 7.30. The molecule has 4 aromatic rings. The molecule has 2 aliphatic heterocycles. The zero-order valence-electron chi connectivity index (χ0n) is 22.1. The number of likely N-dealkylation sites (tertiary alicyclic amines) is 2. The first-order valence-corrected chi connectivity index (χ1v) is 13.0. The summed E-state index contributed by atoms with van der Waals surface area (Å²) in [4.78, 5) is 37.7. The van der Waals surface area contributed by atoms with Gasteiger partial charge in [-0.15, -0.1) is 0 Å². The van der Waals surface area contributed by atoms with Crippen LogP contribution in [0, 0.1) is 6.04 Å². The van der Waals surface area contributed by atoms with Gasteiger partial charge in [-0.1, -0.05) is 0 Å². The highest BCUT2D eigenvalue weighted by Crippen LogP contribution is 2.31. The van der Waals surface area contributed by atoms with Gasteiger partial charge < -0.3 is 14.8 Å². The van der Waals surface area contributed by atoms with E-state index in [1.807, 2.05) is 23.1 Å². The number of fused-ring (bicyclic) bond motifs is 1. The van der Waals surface area contributed by atoms with Gasteiger partial charge >= 0.3 is 6.18 Å². The Morgan fingerprint density at radius 1 is 1.15 bits per heavy atom. The highest BCUT2D eigenvalue weighted by atomic mass is 19.4. The van der Waals surface area contributed by atoms with E-state index in [9.17, 15) is 18.0 Å². The van der Waals surface area contributed by atoms with E-state index in [0.717, 1.165) is 48.2 Å². The molecule has 14 heteroatoms. The number of piperidine rings is 1. The van der Waals surface area contributed by atoms with E-state index < -0.39 is 17.9 Å². The number of H-pyrrole nitrogens is 1. The van der Waals surface area contributed by atoms with Crippen LogP contribution < -0.4 is 0 Å². The Kier molecular flexibility index (Phi) is 6.74. The van der Waals surface area contributed by atoms with E-state index in [-0.39, 0.29) is 24.0 Å². The van der Waals surface area contributed by atoms with Gasteiger partial charge in [-0.3, -0.25) is 14.4 Å². The molecule has 0 saturated carbocycles. The van der Waals surface area contributed by atoms with E-state index in [2.05, 4.69) is 34.9 Å². The van der Waals surface area contributed by atoms with Crippen LogP contribution in [0.25, 0.3) is 22.3 Å². The number of carbonyl (C=O) groups is 1. The molecular weight excluding hydrogens is 525 g/mol. The van der Waals surface area contributed by atoms with E-state index >= 15 is 0 Å². The van der Waals surface area contributed by atoms with Crippen LogP contribution in [0.3, 0.4) is 0 Å². The molecule has 1 radical (unpaired) electrons. The lowest BCUT2D eigenvalue weighted by Gasteiger charge is -2.46. The maximum absolute atomic E-state index is 13.4. The van der Waals surface area contributed by atoms with Crippen molar-refractivity contribution in [1.82, 2.24) is 49.4 Å². The van der Waals surface area contributed by atoms with Crippen LogP contribution in [0.1, 0.15) is 34.8 Å². The zero-order valence-corrected chi connectivity index (χ0v) is 22.1. The maximum atomic E-state index is 13.4. The molecule has 6 heterocycles. The highest BCUT2D eigenvalue weighted by Gasteiger charge is 2.39. The second kappa shape index (κ2) is 10.2. The van der Waals surface area contributed by atoms with Gasteiger partial charge in [0.25, 0.3) is 5.91 Å². The third-order valence-electron chi connectivity index (χ3n) is 7.30. The number of hydrogen-bond donors (Lipinski definition) is 1. The largest absolute Gasteiger partial charge is 0.451 e. The van der Waals surface area contributed by atoms with Gasteiger partial charge in [0.15, 0.2) is 0 Å². The van der Waals surface area contributed by atoms with Crippen LogP contribution in [-0.4, -0.2) is 102 Å². The van der Waals surface area contributed by atoms with Gasteiger partial charge in [0, 0.05) is 62.1 Å². The van der Waals surface area contributed by atoms with Crippen molar-refractivity contribution in [2.45, 2.75) is 31.6 Å². The van der Waals surface area contributed by atoms with Gasteiger partial charge in [-0.25, -0.2) is 19.9 Å². The van der Waals surface area contributed by atoms with Crippen LogP contribution >= 0.6 is 0 Å². The first kappa shape index (κ1) is 26.3. The first-order chi connectivity index (χ1) is 19.2. The topological polar surface area (TPSA) is 112 Å². The number of nitrogens with one attached hydrogen (secondary N) is 1. The summed E-state index contributed by atoms with van der Waals surface area (Å²) < 4.78 is 42.0. The van der Waals surface area contributed by atoms with E-state index in [4.69, 9.17) is 0 Å². The van der Waals surface area contributed by atoms with Crippen molar-refractivity contribution < 1.29 is 18.0 Å². The molecule has 0 aromatic carbocycles. The predicted molar refractivity (Wildman–Crippen MR) is 139 cm³/mol. The standard InChI is InChI=1S/C26H28F3N10O/c1-36(2)12-17-9-21(35-25(34-17)26(27,28)29)24(40)37-7-4-18(5-8-37)38-13-19(14-38)39-11-16(10-33-39)22-20-3-6-30-23(20)32-15-31-22/h3,6,9-11,15,18H,4-5,7-8,12-14H2,1-2H3,(H,30,31,32). The molecule has 1 amide bonds. The molecular formula is C26H28F3N10O. The monoisotopic (exact) mass is 553 g/mol. The van der Waals surface area contributed by atoms with Gasteiger partial charge in [-0.05, 0) is 39.1 Å². The van der Waals surface area contributed by atoms with Gasteiger partial charge in [-0.2, -0.15) is 18.3 Å². The molecule has 0 unspecified atom stereocenters. The summed E-state index contributed by atoms with van der Waals surface area (Å²) in [5, 5.41) is 5.48. The molecule has 2 aliphatic rings. The molecule has 0 bridgehead atoms. The number of alkyl halides is 3. The molecule has 0 spiro atoms. The maximum Gasteiger partial charge on any atom is 0.451 e. The SMILES string of the molecule is CN(C)Cc1cc(C(=O)N2CCC(N3C[C](n4cc(-c5ncnc6[nH]ccc56)cn4)C3)CC2)nc(C(F)(F)F)n1. The number of nitrogens with zero attached hydrogens (tertiary/aromatic N) is 9. The van der Waals surface area contributed by atoms with Gasteiger partial charge in [0.2, 0.25) is 5.82 Å². The Morgan fingerprint density at radius 2 is 1.93 bits per heavy atom. The minimum atomic E-state index is -4.73. The Hall–Kier alpha value is -3.91. The summed E-state index contributed by atoms with van der Waals surface area (Å²) in [6.07, 6.45) is 3.88. The number of aromatic nitrogens is 7. The highest BCUT2D eigenvalue weighted by molar-refractivity contribution is 5.92. The molecule has 6 rings (SSSR count). The van der Waals surface area contributed by atoms with Crippen molar-refractivity contribution in [2.24, 2.45) is 0 Å². The number of halogens is 3. The Bertz CT molecular complexity index is 1520. The minimum Gasteiger partial charge on any atom is -0.346 e. The smallest absolute Gasteiger partial charge is 0.346 e. The average molecular weight is 554 g/mol. The molecule has 0 aliphatic carbocycles. The van der Waals surface area contributed by atoms with Crippen molar-refractivity contribution in [3.05, 3.63) is 60.3 Å². The fourth-order valence-electron chi connectivity index (χ4n) is 5.28. The lowest BCUT2D eigenvalue weighted by atomic mass is 9.97. The fraction of sp³-hybridized carbons (Fsp3) is 0.423. The molecule has 40 heavy (non-hydrogen) atoms. The summed E-state index contributed by atoms with van der Waals surface area (Å²) in [6, 6.07) is 4.75. The van der Waals surface area contributed by atoms with Crippen molar-refractivity contribution in [1.29, 1.82) is 0 Å². The summed E-state index contributed by atoms with van der Waals surface area (Å²) in [5.74, 6) is -1.78. The first-order valence-electron chi connectivity index (χ1n) is 13.0. The molecule has 11 nitrogen and oxygen atoms in total. The normalized spacial score (nSPS) is 17.6. The number of aromatic amines is 1. The zero-order chi connectivity index (χ0) is 28.0. The summed E-state index contributed by atoms with van der Waals surface area (Å²) >= 11 is 0. The van der Waals surface area contributed by atoms with Crippen molar-refractivity contribution >= 4 is 16.9 Å². The van der Waals surface area contributed by atoms with Crippen LogP contribution in [0.4, 0.5) is 13.2 Å². The van der Waals surface area contributed by atoms with Crippen molar-refractivity contribution in [3.63, 3.8) is 0 Å². The van der Waals surface area contributed by atoms with Crippen LogP contribution in [-0.2, 0) is 12.7 Å². The summed E-state index contributed by atoms with van der Waals surface area (Å²) in [6.45, 7) is 2.61. The predicted octanol–water partition coefficient (Wildman–Crippen LogP) is 2.69. The fourth-order valence-corrected chi connectivity index (χ4v) is 5.28. The lowest BCUT2D eigenvalue weighted by molar-refractivity contribution is -0.145. The van der Waals surface area contributed by atoms with Gasteiger partial charge in [0.1, 0.15) is 23.7 Å². The van der Waals surface area contributed by atoms with E-state index in [1.165, 1.54) is 18.4 Å². The Morgan fingerprint density at radius 3 is 2.65 bits per heavy atom. The number of rotatable bonds is 6.